The van der Waals surface area contributed by atoms with Crippen molar-refractivity contribution in [1.82, 2.24) is 9.55 Å². The Balaban J connectivity index is 2.22. The van der Waals surface area contributed by atoms with Gasteiger partial charge in [-0.1, -0.05) is 25.1 Å². The van der Waals surface area contributed by atoms with Gasteiger partial charge in [-0.3, -0.25) is 0 Å². The molecule has 9 heteroatoms. The van der Waals surface area contributed by atoms with E-state index in [1.54, 1.807) is 6.92 Å². The molecule has 0 fully saturated rings. The molecule has 0 amide bonds. The van der Waals surface area contributed by atoms with Gasteiger partial charge in [0, 0.05) is 18.3 Å². The van der Waals surface area contributed by atoms with Crippen LogP contribution in [-0.4, -0.2) is 34.4 Å². The fourth-order valence-electron chi connectivity index (χ4n) is 2.48. The lowest BCUT2D eigenvalue weighted by Crippen LogP contribution is -2.41. The highest BCUT2D eigenvalue weighted by atomic mass is 19.4. The number of imidazole rings is 1. The molecule has 0 saturated heterocycles. The Morgan fingerprint density at radius 3 is 2.50 bits per heavy atom. The number of rotatable bonds is 4. The van der Waals surface area contributed by atoms with Gasteiger partial charge >= 0.3 is 18.2 Å². The van der Waals surface area contributed by atoms with Gasteiger partial charge in [0.25, 0.3) is 0 Å². The molecule has 1 heterocycles. The number of benzene rings is 1. The van der Waals surface area contributed by atoms with Gasteiger partial charge in [0.05, 0.1) is 0 Å². The zero-order valence-electron chi connectivity index (χ0n) is 14.3. The lowest BCUT2D eigenvalue weighted by molar-refractivity contribution is -0.292. The Morgan fingerprint density at radius 2 is 1.88 bits per heavy atom. The Labute approximate surface area is 146 Å². The highest BCUT2D eigenvalue weighted by Crippen LogP contribution is 2.35. The van der Waals surface area contributed by atoms with Crippen LogP contribution in [0, 0.1) is 13.8 Å². The van der Waals surface area contributed by atoms with Crippen molar-refractivity contribution in [3.8, 4) is 0 Å². The number of hydrogen-bond acceptors (Lipinski definition) is 3. The van der Waals surface area contributed by atoms with Crippen molar-refractivity contribution >= 4 is 6.09 Å². The normalized spacial score (nSPS) is 13.5. The Kier molecular flexibility index (Phi) is 5.39. The molecule has 0 aliphatic rings. The third kappa shape index (κ3) is 3.86. The van der Waals surface area contributed by atoms with Gasteiger partial charge in [-0.2, -0.15) is 22.0 Å². The van der Waals surface area contributed by atoms with Crippen LogP contribution in [0.1, 0.15) is 35.4 Å². The quantitative estimate of drug-likeness (QED) is 0.718. The summed E-state index contributed by atoms with van der Waals surface area (Å²) in [5.41, 5.74) is 2.83. The van der Waals surface area contributed by atoms with Crippen molar-refractivity contribution in [2.24, 2.45) is 0 Å². The molecule has 2 aromatic rings. The Bertz CT molecular complexity index is 799. The molecule has 0 aliphatic heterocycles. The molecule has 0 radical (unpaired) electrons. The van der Waals surface area contributed by atoms with E-state index in [4.69, 9.17) is 0 Å². The smallest absolute Gasteiger partial charge is 0.442 e. The molecule has 0 bridgehead atoms. The van der Waals surface area contributed by atoms with Crippen molar-refractivity contribution in [2.45, 2.75) is 38.8 Å². The maximum atomic E-state index is 12.9. The summed E-state index contributed by atoms with van der Waals surface area (Å²) < 4.78 is 67.4. The molecule has 0 unspecified atom stereocenters. The van der Waals surface area contributed by atoms with Crippen molar-refractivity contribution in [3.63, 3.8) is 0 Å². The predicted molar refractivity (Wildman–Crippen MR) is 83.4 cm³/mol. The molecule has 0 saturated carbocycles. The van der Waals surface area contributed by atoms with Crippen molar-refractivity contribution in [3.05, 3.63) is 53.1 Å². The monoisotopic (exact) mass is 376 g/mol. The number of hydrogen-bond donors (Lipinski definition) is 0. The number of nitrogens with zero attached hydrogens (tertiary/aromatic N) is 2. The average Bonchev–Trinajstić information content (AvgIpc) is 3.03. The molecular formula is C17H17F5N2O2. The van der Waals surface area contributed by atoms with E-state index >= 15 is 0 Å². The van der Waals surface area contributed by atoms with Crippen molar-refractivity contribution in [2.75, 3.05) is 6.61 Å². The molecular weight excluding hydrogens is 359 g/mol. The highest BCUT2D eigenvalue weighted by Gasteiger charge is 2.58. The zero-order valence-corrected chi connectivity index (χ0v) is 14.3. The number of halogens is 5. The summed E-state index contributed by atoms with van der Waals surface area (Å²) in [6, 6.07) is 5.56. The summed E-state index contributed by atoms with van der Waals surface area (Å²) in [6.07, 6.45) is -4.74. The lowest BCUT2D eigenvalue weighted by atomic mass is 9.93. The number of alkyl halides is 5. The van der Waals surface area contributed by atoms with Gasteiger partial charge in [-0.25, -0.2) is 14.3 Å². The van der Waals surface area contributed by atoms with Crippen LogP contribution in [0.4, 0.5) is 26.7 Å². The van der Waals surface area contributed by atoms with Gasteiger partial charge in [0.15, 0.2) is 6.61 Å². The molecule has 26 heavy (non-hydrogen) atoms. The molecule has 0 aliphatic carbocycles. The van der Waals surface area contributed by atoms with Crippen LogP contribution in [-0.2, 0) is 4.74 Å². The van der Waals surface area contributed by atoms with Gasteiger partial charge < -0.3 is 4.74 Å². The number of carbonyl (C=O) groups is 1. The van der Waals surface area contributed by atoms with Gasteiger partial charge in [0.1, 0.15) is 5.82 Å². The Morgan fingerprint density at radius 1 is 1.23 bits per heavy atom. The van der Waals surface area contributed by atoms with Crippen LogP contribution < -0.4 is 0 Å². The van der Waals surface area contributed by atoms with Crippen LogP contribution in [0.15, 0.2) is 30.6 Å². The topological polar surface area (TPSA) is 44.1 Å². The molecule has 142 valence electrons. The van der Waals surface area contributed by atoms with E-state index in [1.165, 1.54) is 6.20 Å². The first-order chi connectivity index (χ1) is 12.0. The van der Waals surface area contributed by atoms with Crippen molar-refractivity contribution in [1.29, 1.82) is 0 Å². The molecule has 1 atom stereocenters. The summed E-state index contributed by atoms with van der Waals surface area (Å²) in [5, 5.41) is 0. The second kappa shape index (κ2) is 7.05. The first-order valence-corrected chi connectivity index (χ1v) is 7.66. The molecule has 4 nitrogen and oxygen atoms in total. The molecule has 0 spiro atoms. The maximum Gasteiger partial charge on any atom is 0.456 e. The second-order valence-corrected chi connectivity index (χ2v) is 5.92. The van der Waals surface area contributed by atoms with E-state index in [2.05, 4.69) is 9.72 Å². The summed E-state index contributed by atoms with van der Waals surface area (Å²) in [4.78, 5) is 16.0. The summed E-state index contributed by atoms with van der Waals surface area (Å²) in [7, 11) is 0. The SMILES string of the molecule is Cc1cccc([C@H](C)c2nccn2C(=O)OCC(F)(F)C(F)(F)F)c1C. The van der Waals surface area contributed by atoms with Crippen LogP contribution in [0.2, 0.25) is 0 Å². The van der Waals surface area contributed by atoms with Gasteiger partial charge in [-0.15, -0.1) is 0 Å². The van der Waals surface area contributed by atoms with Gasteiger partial charge in [-0.05, 0) is 30.5 Å². The van der Waals surface area contributed by atoms with Crippen LogP contribution >= 0.6 is 0 Å². The second-order valence-electron chi connectivity index (χ2n) is 5.92. The van der Waals surface area contributed by atoms with E-state index in [0.29, 0.717) is 0 Å². The molecule has 1 aromatic carbocycles. The molecule has 1 aromatic heterocycles. The fraction of sp³-hybridized carbons (Fsp3) is 0.412. The largest absolute Gasteiger partial charge is 0.456 e. The van der Waals surface area contributed by atoms with E-state index in [-0.39, 0.29) is 5.82 Å². The number of carbonyl (C=O) groups excluding carboxylic acids is 1. The third-order valence-corrected chi connectivity index (χ3v) is 4.16. The summed E-state index contributed by atoms with van der Waals surface area (Å²) in [5.74, 6) is -5.35. The average molecular weight is 376 g/mol. The van der Waals surface area contributed by atoms with Crippen LogP contribution in [0.5, 0.6) is 0 Å². The lowest BCUT2D eigenvalue weighted by Gasteiger charge is -2.20. The minimum Gasteiger partial charge on any atom is -0.442 e. The summed E-state index contributed by atoms with van der Waals surface area (Å²) in [6.45, 7) is 3.45. The third-order valence-electron chi connectivity index (χ3n) is 4.16. The van der Waals surface area contributed by atoms with E-state index in [9.17, 15) is 26.7 Å². The molecule has 2 rings (SSSR count). The first-order valence-electron chi connectivity index (χ1n) is 7.66. The summed E-state index contributed by atoms with van der Waals surface area (Å²) >= 11 is 0. The standard InChI is InChI=1S/C17H17F5N2O2/c1-10-5-4-6-13(11(10)2)12(3)14-23-7-8-24(14)15(25)26-9-16(18,19)17(20,21)22/h4-8,12H,9H2,1-3H3/t12-/m0/s1. The number of aromatic nitrogens is 2. The highest BCUT2D eigenvalue weighted by molar-refractivity contribution is 5.71. The molecule has 0 N–H and O–H groups in total. The number of ether oxygens (including phenoxy) is 1. The van der Waals surface area contributed by atoms with Crippen molar-refractivity contribution < 1.29 is 31.5 Å². The first kappa shape index (κ1) is 19.9. The Hall–Kier alpha value is -2.45. The predicted octanol–water partition coefficient (Wildman–Crippen LogP) is 4.83. The number of aryl methyl sites for hydroxylation is 1. The van der Waals surface area contributed by atoms with Crippen LogP contribution in [0.3, 0.4) is 0 Å². The minimum absolute atomic E-state index is 0.180. The van der Waals surface area contributed by atoms with E-state index in [1.807, 2.05) is 32.0 Å². The van der Waals surface area contributed by atoms with E-state index in [0.717, 1.165) is 27.5 Å². The zero-order chi connectivity index (χ0) is 19.7. The fourth-order valence-corrected chi connectivity index (χ4v) is 2.48. The van der Waals surface area contributed by atoms with E-state index < -0.39 is 30.7 Å². The maximum absolute atomic E-state index is 12.9. The van der Waals surface area contributed by atoms with Crippen LogP contribution in [0.25, 0.3) is 0 Å². The van der Waals surface area contributed by atoms with Gasteiger partial charge in [0.2, 0.25) is 0 Å². The minimum atomic E-state index is -5.79.